The van der Waals surface area contributed by atoms with E-state index >= 15 is 0 Å². The quantitative estimate of drug-likeness (QED) is 0.117. The molecule has 0 bridgehead atoms. The Bertz CT molecular complexity index is 1720. The normalized spacial score (nSPS) is 36.1. The Morgan fingerprint density at radius 3 is 2.39 bits per heavy atom. The number of carbonyl (C=O) groups excluding carboxylic acids is 3. The molecule has 3 saturated heterocycles. The van der Waals surface area contributed by atoms with Crippen LogP contribution in [0.25, 0.3) is 11.3 Å². The Hall–Kier alpha value is -3.63. The summed E-state index contributed by atoms with van der Waals surface area (Å²) in [7, 11) is 5.41. The zero-order valence-electron chi connectivity index (χ0n) is 36.4. The number of aromatic nitrogens is 3. The lowest BCUT2D eigenvalue weighted by molar-refractivity contribution is -0.295. The summed E-state index contributed by atoms with van der Waals surface area (Å²) in [5, 5.41) is 20.1. The highest BCUT2D eigenvalue weighted by Crippen LogP contribution is 2.44. The van der Waals surface area contributed by atoms with Crippen molar-refractivity contribution < 1.29 is 43.2 Å². The van der Waals surface area contributed by atoms with Crippen molar-refractivity contribution in [1.29, 1.82) is 0 Å². The molecule has 1 aromatic heterocycles. The van der Waals surface area contributed by atoms with Crippen LogP contribution < -0.4 is 5.73 Å². The number of nitrogens with two attached hydrogens (primary N) is 1. The van der Waals surface area contributed by atoms with Crippen LogP contribution >= 0.6 is 0 Å². The van der Waals surface area contributed by atoms with Gasteiger partial charge in [-0.3, -0.25) is 14.3 Å². The predicted octanol–water partition coefficient (Wildman–Crippen LogP) is 5.97. The highest BCUT2D eigenvalue weighted by atomic mass is 16.7. The van der Waals surface area contributed by atoms with Gasteiger partial charge >= 0.3 is 12.1 Å². The molecule has 15 heteroatoms. The third kappa shape index (κ3) is 10.5. The number of likely N-dealkylation sites (N-methyl/N-ethyl adjacent to an activating group) is 1. The van der Waals surface area contributed by atoms with Crippen molar-refractivity contribution in [1.82, 2.24) is 24.8 Å². The van der Waals surface area contributed by atoms with E-state index in [2.05, 4.69) is 24.2 Å². The maximum absolute atomic E-state index is 14.3. The van der Waals surface area contributed by atoms with Crippen molar-refractivity contribution in [3.8, 4) is 11.3 Å². The highest BCUT2D eigenvalue weighted by molar-refractivity contribution is 6.00. The summed E-state index contributed by atoms with van der Waals surface area (Å²) in [5.41, 5.74) is 6.02. The zero-order chi connectivity index (χ0) is 42.7. The average molecular weight is 829 g/mol. The summed E-state index contributed by atoms with van der Waals surface area (Å²) in [6, 6.07) is 6.84. The number of hydrogen-bond donors (Lipinski definition) is 2. The number of Topliss-reactive ketones (excluding diaryl/α,β-unsaturated/α-hetero) is 1. The first-order valence-corrected chi connectivity index (χ1v) is 21.0. The van der Waals surface area contributed by atoms with Gasteiger partial charge < -0.3 is 44.3 Å². The van der Waals surface area contributed by atoms with Gasteiger partial charge in [0.2, 0.25) is 0 Å². The van der Waals surface area contributed by atoms with Crippen molar-refractivity contribution in [2.75, 3.05) is 33.5 Å². The highest BCUT2D eigenvalue weighted by Gasteiger charge is 2.59. The third-order valence-corrected chi connectivity index (χ3v) is 12.9. The van der Waals surface area contributed by atoms with Crippen LogP contribution in [0.2, 0.25) is 0 Å². The molecule has 13 atom stereocenters. The van der Waals surface area contributed by atoms with Gasteiger partial charge in [-0.05, 0) is 104 Å². The van der Waals surface area contributed by atoms with E-state index in [-0.39, 0.29) is 37.2 Å². The number of nitrogen functional groups attached to an aromatic ring is 1. The number of cyclic esters (lactones) is 1. The number of rotatable bonds is 11. The number of aliphatic hydroxyl groups excluding tert-OH is 1. The number of hydrogen-bond acceptors (Lipinski definition) is 13. The smallest absolute Gasteiger partial charge is 0.410 e. The number of fused-ring (bicyclic) bond motifs is 1. The fourth-order valence-electron chi connectivity index (χ4n) is 9.83. The van der Waals surface area contributed by atoms with Gasteiger partial charge in [-0.15, -0.1) is 5.10 Å². The summed E-state index contributed by atoms with van der Waals surface area (Å²) < 4.78 is 33.4. The van der Waals surface area contributed by atoms with E-state index in [9.17, 15) is 19.5 Å². The number of benzene rings is 1. The Morgan fingerprint density at radius 2 is 1.75 bits per heavy atom. The second-order valence-electron chi connectivity index (χ2n) is 17.8. The van der Waals surface area contributed by atoms with Crippen LogP contribution in [0.3, 0.4) is 0 Å². The van der Waals surface area contributed by atoms with Gasteiger partial charge in [-0.2, -0.15) is 0 Å². The van der Waals surface area contributed by atoms with Crippen LogP contribution in [0.1, 0.15) is 101 Å². The third-order valence-electron chi connectivity index (χ3n) is 12.9. The number of amides is 1. The van der Waals surface area contributed by atoms with Gasteiger partial charge in [-0.1, -0.05) is 52.5 Å². The number of ether oxygens (including phenoxy) is 5. The molecule has 0 saturated carbocycles. The van der Waals surface area contributed by atoms with Gasteiger partial charge in [0.15, 0.2) is 17.7 Å². The molecular formula is C44H72N6O9. The molecule has 0 aliphatic carbocycles. The molecule has 5 rings (SSSR count). The summed E-state index contributed by atoms with van der Waals surface area (Å²) >= 11 is 0. The Morgan fingerprint density at radius 1 is 1.05 bits per heavy atom. The molecule has 1 amide bonds. The molecular weight excluding hydrogens is 757 g/mol. The zero-order valence-corrected chi connectivity index (χ0v) is 36.4. The van der Waals surface area contributed by atoms with Crippen LogP contribution in [0, 0.1) is 23.7 Å². The van der Waals surface area contributed by atoms with Crippen molar-refractivity contribution >= 4 is 23.5 Å². The lowest BCUT2D eigenvalue weighted by Gasteiger charge is -2.47. The average Bonchev–Trinajstić information content (AvgIpc) is 3.75. The van der Waals surface area contributed by atoms with Crippen LogP contribution in [-0.4, -0.2) is 129 Å². The molecule has 3 aliphatic rings. The minimum Gasteiger partial charge on any atom is -0.458 e. The summed E-state index contributed by atoms with van der Waals surface area (Å²) in [4.78, 5) is 45.9. The lowest BCUT2D eigenvalue weighted by atomic mass is 9.74. The van der Waals surface area contributed by atoms with E-state index in [0.717, 1.165) is 17.7 Å². The molecule has 2 aromatic rings. The number of aryl methyl sites for hydroxylation is 1. The van der Waals surface area contributed by atoms with Crippen LogP contribution in [-0.2, 0) is 39.8 Å². The Kier molecular flexibility index (Phi) is 16.1. The molecule has 3 unspecified atom stereocenters. The van der Waals surface area contributed by atoms with Crippen molar-refractivity contribution in [3.05, 3.63) is 30.5 Å². The number of nitrogens with zero attached hydrogens (tertiary/aromatic N) is 5. The van der Waals surface area contributed by atoms with Crippen molar-refractivity contribution in [2.45, 2.75) is 162 Å². The fourth-order valence-corrected chi connectivity index (χ4v) is 9.83. The Labute approximate surface area is 351 Å². The van der Waals surface area contributed by atoms with Crippen LogP contribution in [0.5, 0.6) is 0 Å². The molecule has 1 aromatic carbocycles. The van der Waals surface area contributed by atoms with Crippen LogP contribution in [0.4, 0.5) is 10.5 Å². The number of carbonyl (C=O) groups is 3. The minimum absolute atomic E-state index is 0. The maximum Gasteiger partial charge on any atom is 0.410 e. The van der Waals surface area contributed by atoms with E-state index in [1.165, 1.54) is 0 Å². The summed E-state index contributed by atoms with van der Waals surface area (Å²) in [5.74, 6) is -3.16. The van der Waals surface area contributed by atoms with E-state index < -0.39 is 65.7 Å². The van der Waals surface area contributed by atoms with E-state index in [1.54, 1.807) is 30.5 Å². The van der Waals surface area contributed by atoms with Gasteiger partial charge in [-0.25, -0.2) is 4.79 Å². The molecule has 3 fully saturated rings. The molecule has 0 spiro atoms. The molecule has 0 radical (unpaired) electrons. The predicted molar refractivity (Wildman–Crippen MR) is 225 cm³/mol. The Balaban J connectivity index is 0.00000769. The summed E-state index contributed by atoms with van der Waals surface area (Å²) in [6.45, 7) is 16.2. The van der Waals surface area contributed by atoms with Gasteiger partial charge in [0.1, 0.15) is 23.8 Å². The van der Waals surface area contributed by atoms with E-state index in [1.807, 2.05) is 77.2 Å². The maximum atomic E-state index is 14.3. The second kappa shape index (κ2) is 19.8. The lowest BCUT2D eigenvalue weighted by Crippen LogP contribution is -2.59. The van der Waals surface area contributed by atoms with Gasteiger partial charge in [0.05, 0.1) is 30.0 Å². The molecule has 3 N–H and O–H groups in total. The summed E-state index contributed by atoms with van der Waals surface area (Å²) in [6.07, 6.45) is 1.03. The van der Waals surface area contributed by atoms with Gasteiger partial charge in [0.25, 0.3) is 0 Å². The minimum atomic E-state index is -1.18. The number of unbranched alkanes of at least 4 members (excludes halogenated alkanes) is 1. The first-order chi connectivity index (χ1) is 27.3. The molecule has 332 valence electrons. The van der Waals surface area contributed by atoms with E-state index in [0.29, 0.717) is 50.9 Å². The largest absolute Gasteiger partial charge is 0.458 e. The standard InChI is InChI=1S/C43H68N6O9.CH4/c1-12-34-43(8)37(49(41(53)58-43)19-14-13-18-48-24-32(45-46-48)30-16-15-17-31(44)22-30)26(3)20-25(2)23-42(7,54-11)38(28(5)35(50)29(6)39(52)56-34)57-40-36(51)33(47(9)10)21-27(4)55-40;/h15-17,22,24-29,33-34,36-38,40,51H,12-14,18-21,23,44H2,1-11H3;1H4/t25?,26-,27+,28-,29+,33?,34+,36?,37+,38+,40-,42+,43+;/m0./s1. The number of ketones is 1. The first-order valence-electron chi connectivity index (χ1n) is 21.0. The number of aliphatic hydroxyl groups is 1. The van der Waals surface area contributed by atoms with E-state index in [4.69, 9.17) is 29.4 Å². The molecule has 3 aliphatic heterocycles. The fraction of sp³-hybridized carbons (Fsp3) is 0.750. The first kappa shape index (κ1) is 48.0. The monoisotopic (exact) mass is 829 g/mol. The topological polar surface area (TPSA) is 181 Å². The molecule has 59 heavy (non-hydrogen) atoms. The van der Waals surface area contributed by atoms with Gasteiger partial charge in [0, 0.05) is 43.4 Å². The molecule has 4 heterocycles. The number of esters is 1. The SMILES string of the molecule is C.CC[C@H]1OC(=O)[C@H](C)C(=O)[C@H](C)[C@@H](O[C@@H]2O[C@H](C)CC(N(C)C)C2O)[C@](C)(OC)CC(C)C[C@H](C)[C@H]2N(CCCCn3cc(-c4cccc(N)c4)nn3)C(=O)O[C@]12C. The molecule has 15 nitrogen and oxygen atoms in total. The van der Waals surface area contributed by atoms with Crippen LogP contribution in [0.15, 0.2) is 30.5 Å². The van der Waals surface area contributed by atoms with Crippen molar-refractivity contribution in [2.24, 2.45) is 23.7 Å². The number of methoxy groups -OCH3 is 1. The number of anilines is 1. The second-order valence-corrected chi connectivity index (χ2v) is 17.8. The van der Waals surface area contributed by atoms with Crippen molar-refractivity contribution in [3.63, 3.8) is 0 Å².